The summed E-state index contributed by atoms with van der Waals surface area (Å²) in [5.74, 6) is 2.80. The van der Waals surface area contributed by atoms with Gasteiger partial charge in [0.05, 0.1) is 7.11 Å². The highest BCUT2D eigenvalue weighted by Crippen LogP contribution is 2.35. The summed E-state index contributed by atoms with van der Waals surface area (Å²) in [5.41, 5.74) is 7.49. The molecule has 0 heterocycles. The number of hydrogen-bond acceptors (Lipinski definition) is 3. The molecule has 1 aromatic rings. The molecule has 0 amide bonds. The second-order valence-electron chi connectivity index (χ2n) is 5.65. The number of benzene rings is 1. The molecule has 2 rings (SSSR count). The van der Waals surface area contributed by atoms with Crippen LogP contribution in [0.3, 0.4) is 0 Å². The van der Waals surface area contributed by atoms with Crippen molar-refractivity contribution in [2.45, 2.75) is 43.6 Å². The summed E-state index contributed by atoms with van der Waals surface area (Å²) in [4.78, 5) is 0. The van der Waals surface area contributed by atoms with E-state index in [9.17, 15) is 0 Å². The van der Waals surface area contributed by atoms with Crippen LogP contribution in [0.15, 0.2) is 18.2 Å². The molecule has 0 aliphatic heterocycles. The van der Waals surface area contributed by atoms with Crippen LogP contribution >= 0.6 is 11.8 Å². The van der Waals surface area contributed by atoms with Gasteiger partial charge in [-0.3, -0.25) is 5.41 Å². The minimum Gasteiger partial charge on any atom is -0.496 e. The fourth-order valence-electron chi connectivity index (χ4n) is 2.80. The molecule has 20 heavy (non-hydrogen) atoms. The molecule has 1 aliphatic rings. The fourth-order valence-corrected chi connectivity index (χ4v) is 4.24. The molecule has 1 aromatic carbocycles. The first-order valence-corrected chi connectivity index (χ1v) is 8.28. The minimum atomic E-state index is 0.116. The lowest BCUT2D eigenvalue weighted by Gasteiger charge is -2.26. The molecule has 2 atom stereocenters. The summed E-state index contributed by atoms with van der Waals surface area (Å²) in [6, 6.07) is 5.74. The molecule has 0 aromatic heterocycles. The number of methoxy groups -OCH3 is 1. The highest BCUT2D eigenvalue weighted by atomic mass is 32.2. The third kappa shape index (κ3) is 3.92. The lowest BCUT2D eigenvalue weighted by molar-refractivity contribution is 0.394. The molecule has 110 valence electrons. The van der Waals surface area contributed by atoms with Gasteiger partial charge in [0, 0.05) is 22.1 Å². The van der Waals surface area contributed by atoms with E-state index in [4.69, 9.17) is 15.9 Å². The summed E-state index contributed by atoms with van der Waals surface area (Å²) in [6.07, 6.45) is 5.37. The van der Waals surface area contributed by atoms with Crippen LogP contribution in [0.4, 0.5) is 0 Å². The molecule has 1 saturated carbocycles. The van der Waals surface area contributed by atoms with E-state index in [1.54, 1.807) is 7.11 Å². The monoisotopic (exact) mass is 292 g/mol. The molecule has 2 unspecified atom stereocenters. The predicted molar refractivity (Wildman–Crippen MR) is 86.7 cm³/mol. The Morgan fingerprint density at radius 1 is 1.45 bits per heavy atom. The van der Waals surface area contributed by atoms with Crippen molar-refractivity contribution in [3.8, 4) is 5.75 Å². The third-order valence-electron chi connectivity index (χ3n) is 3.95. The van der Waals surface area contributed by atoms with Crippen molar-refractivity contribution in [3.05, 3.63) is 29.3 Å². The summed E-state index contributed by atoms with van der Waals surface area (Å²) >= 11 is 2.01. The number of nitrogen functional groups attached to an aromatic ring is 1. The van der Waals surface area contributed by atoms with Gasteiger partial charge >= 0.3 is 0 Å². The number of rotatable bonds is 5. The van der Waals surface area contributed by atoms with Crippen molar-refractivity contribution in [1.29, 1.82) is 5.41 Å². The second-order valence-corrected chi connectivity index (χ2v) is 6.93. The quantitative estimate of drug-likeness (QED) is 0.641. The van der Waals surface area contributed by atoms with E-state index < -0.39 is 0 Å². The standard InChI is InChI=1S/C16H24N2OS/c1-11-4-3-5-14(8-11)20-10-13-9-12(16(17)18)6-7-15(13)19-2/h6-7,9,11,14H,3-5,8,10H2,1-2H3,(H3,17,18). The molecule has 0 spiro atoms. The van der Waals surface area contributed by atoms with Crippen molar-refractivity contribution in [2.24, 2.45) is 11.7 Å². The van der Waals surface area contributed by atoms with Crippen molar-refractivity contribution in [1.82, 2.24) is 0 Å². The van der Waals surface area contributed by atoms with Gasteiger partial charge in [0.15, 0.2) is 0 Å². The van der Waals surface area contributed by atoms with Crippen molar-refractivity contribution in [3.63, 3.8) is 0 Å². The maximum Gasteiger partial charge on any atom is 0.122 e. The summed E-state index contributed by atoms with van der Waals surface area (Å²) in [7, 11) is 1.69. The zero-order valence-corrected chi connectivity index (χ0v) is 13.1. The van der Waals surface area contributed by atoms with Gasteiger partial charge in [-0.05, 0) is 37.0 Å². The lowest BCUT2D eigenvalue weighted by atomic mass is 9.91. The molecule has 0 saturated heterocycles. The number of thioether (sulfide) groups is 1. The van der Waals surface area contributed by atoms with Gasteiger partial charge in [0.1, 0.15) is 11.6 Å². The van der Waals surface area contributed by atoms with E-state index in [1.165, 1.54) is 25.7 Å². The zero-order valence-electron chi connectivity index (χ0n) is 12.3. The van der Waals surface area contributed by atoms with Crippen molar-refractivity contribution >= 4 is 17.6 Å². The SMILES string of the molecule is COc1ccc(C(=N)N)cc1CSC1CCCC(C)C1. The normalized spacial score (nSPS) is 22.5. The Hall–Kier alpha value is -1.16. The van der Waals surface area contributed by atoms with Crippen molar-refractivity contribution in [2.75, 3.05) is 7.11 Å². The number of nitrogens with one attached hydrogen (secondary N) is 1. The fraction of sp³-hybridized carbons (Fsp3) is 0.562. The molecule has 0 bridgehead atoms. The van der Waals surface area contributed by atoms with Gasteiger partial charge in [0.25, 0.3) is 0 Å². The molecule has 0 radical (unpaired) electrons. The Kier molecular flexibility index (Phi) is 5.35. The average molecular weight is 292 g/mol. The Morgan fingerprint density at radius 3 is 2.90 bits per heavy atom. The van der Waals surface area contributed by atoms with Crippen LogP contribution in [-0.2, 0) is 5.75 Å². The van der Waals surface area contributed by atoms with Crippen LogP contribution in [-0.4, -0.2) is 18.2 Å². The van der Waals surface area contributed by atoms with E-state index >= 15 is 0 Å². The van der Waals surface area contributed by atoms with Crippen LogP contribution in [0, 0.1) is 11.3 Å². The number of nitrogens with two attached hydrogens (primary N) is 1. The lowest BCUT2D eigenvalue weighted by Crippen LogP contribution is -2.15. The Balaban J connectivity index is 2.03. The molecule has 4 heteroatoms. The maximum atomic E-state index is 7.54. The van der Waals surface area contributed by atoms with Gasteiger partial charge in [-0.2, -0.15) is 11.8 Å². The van der Waals surface area contributed by atoms with Gasteiger partial charge in [-0.1, -0.05) is 19.8 Å². The van der Waals surface area contributed by atoms with E-state index in [2.05, 4.69) is 6.92 Å². The molecule has 3 N–H and O–H groups in total. The molecule has 1 fully saturated rings. The van der Waals surface area contributed by atoms with Crippen LogP contribution < -0.4 is 10.5 Å². The topological polar surface area (TPSA) is 59.1 Å². The predicted octanol–water partition coefficient (Wildman–Crippen LogP) is 3.79. The van der Waals surface area contributed by atoms with Crippen LogP contribution in [0.5, 0.6) is 5.75 Å². The number of amidine groups is 1. The first kappa shape index (κ1) is 15.2. The zero-order chi connectivity index (χ0) is 14.5. The van der Waals surface area contributed by atoms with Gasteiger partial charge in [0.2, 0.25) is 0 Å². The van der Waals surface area contributed by atoms with Gasteiger partial charge in [-0.15, -0.1) is 0 Å². The Labute approximate surface area is 125 Å². The maximum absolute atomic E-state index is 7.54. The minimum absolute atomic E-state index is 0.116. The Morgan fingerprint density at radius 2 is 2.25 bits per heavy atom. The van der Waals surface area contributed by atoms with Gasteiger partial charge < -0.3 is 10.5 Å². The summed E-state index contributed by atoms with van der Waals surface area (Å²) < 4.78 is 5.42. The second kappa shape index (κ2) is 7.02. The first-order chi connectivity index (χ1) is 9.60. The first-order valence-electron chi connectivity index (χ1n) is 7.23. The van der Waals surface area contributed by atoms with Crippen LogP contribution in [0.25, 0.3) is 0 Å². The molecular formula is C16H24N2OS. The smallest absolute Gasteiger partial charge is 0.122 e. The Bertz CT molecular complexity index is 476. The highest BCUT2D eigenvalue weighted by molar-refractivity contribution is 7.99. The summed E-state index contributed by atoms with van der Waals surface area (Å²) in [5, 5.41) is 8.30. The number of hydrogen-bond donors (Lipinski definition) is 2. The van der Waals surface area contributed by atoms with E-state index in [0.29, 0.717) is 0 Å². The largest absolute Gasteiger partial charge is 0.496 e. The average Bonchev–Trinajstić information content (AvgIpc) is 2.44. The molecule has 1 aliphatic carbocycles. The van der Waals surface area contributed by atoms with E-state index in [-0.39, 0.29) is 5.84 Å². The van der Waals surface area contributed by atoms with Crippen LogP contribution in [0.2, 0.25) is 0 Å². The van der Waals surface area contributed by atoms with Crippen molar-refractivity contribution < 1.29 is 4.74 Å². The highest BCUT2D eigenvalue weighted by Gasteiger charge is 2.19. The van der Waals surface area contributed by atoms with Crippen LogP contribution in [0.1, 0.15) is 43.7 Å². The molecule has 3 nitrogen and oxygen atoms in total. The number of ether oxygens (including phenoxy) is 1. The third-order valence-corrected chi connectivity index (χ3v) is 5.33. The summed E-state index contributed by atoms with van der Waals surface area (Å²) in [6.45, 7) is 2.35. The van der Waals surface area contributed by atoms with Gasteiger partial charge in [-0.25, -0.2) is 0 Å². The van der Waals surface area contributed by atoms with E-state index in [1.807, 2.05) is 30.0 Å². The molecular weight excluding hydrogens is 268 g/mol. The van der Waals surface area contributed by atoms with E-state index in [0.717, 1.165) is 33.8 Å².